The fourth-order valence-corrected chi connectivity index (χ4v) is 4.64. The predicted octanol–water partition coefficient (Wildman–Crippen LogP) is 4.45. The van der Waals surface area contributed by atoms with Crippen molar-refractivity contribution in [1.29, 1.82) is 0 Å². The second-order valence-electron chi connectivity index (χ2n) is 8.85. The van der Waals surface area contributed by atoms with Gasteiger partial charge >= 0.3 is 6.03 Å². The first-order valence-corrected chi connectivity index (χ1v) is 12.7. The van der Waals surface area contributed by atoms with Gasteiger partial charge in [-0.05, 0) is 71.6 Å². The van der Waals surface area contributed by atoms with Crippen molar-refractivity contribution in [2.45, 2.75) is 31.8 Å². The number of hydrogen-bond donors (Lipinski definition) is 3. The number of primary amides is 1. The van der Waals surface area contributed by atoms with Gasteiger partial charge in [-0.1, -0.05) is 24.3 Å². The highest BCUT2D eigenvalue weighted by molar-refractivity contribution is 9.10. The third-order valence-corrected chi connectivity index (χ3v) is 6.76. The van der Waals surface area contributed by atoms with Gasteiger partial charge in [0.05, 0.1) is 28.6 Å². The van der Waals surface area contributed by atoms with Crippen molar-refractivity contribution in [1.82, 2.24) is 14.7 Å². The van der Waals surface area contributed by atoms with Crippen LogP contribution in [0.1, 0.15) is 30.5 Å². The molecule has 200 valence electrons. The van der Waals surface area contributed by atoms with Crippen LogP contribution in [0.5, 0.6) is 0 Å². The Kier molecular flexibility index (Phi) is 10.6. The fraction of sp³-hybridized carbons (Fsp3) is 0.385. The van der Waals surface area contributed by atoms with Gasteiger partial charge in [0.2, 0.25) is 0 Å². The highest BCUT2D eigenvalue weighted by Gasteiger charge is 2.24. The molecule has 1 saturated heterocycles. The van der Waals surface area contributed by atoms with E-state index in [0.717, 1.165) is 37.3 Å². The zero-order valence-electron chi connectivity index (χ0n) is 20.8. The van der Waals surface area contributed by atoms with Crippen molar-refractivity contribution in [2.75, 3.05) is 38.7 Å². The minimum absolute atomic E-state index is 0.307. The number of aromatic nitrogens is 2. The third-order valence-electron chi connectivity index (χ3n) is 5.92. The molecule has 2 amide bonds. The van der Waals surface area contributed by atoms with Crippen molar-refractivity contribution >= 4 is 27.8 Å². The van der Waals surface area contributed by atoms with Gasteiger partial charge in [0.1, 0.15) is 0 Å². The van der Waals surface area contributed by atoms with Crippen LogP contribution < -0.4 is 11.1 Å². The number of hydrogen-bond acceptors (Lipinski definition) is 5. The summed E-state index contributed by atoms with van der Waals surface area (Å²) >= 11 is 3.39. The van der Waals surface area contributed by atoms with Crippen LogP contribution in [0.3, 0.4) is 0 Å². The topological polar surface area (TPSA) is 106 Å². The van der Waals surface area contributed by atoms with Gasteiger partial charge in [0.25, 0.3) is 0 Å². The molecular weight excluding hydrogens is 548 g/mol. The highest BCUT2D eigenvalue weighted by Crippen LogP contribution is 2.30. The summed E-state index contributed by atoms with van der Waals surface area (Å²) in [6, 6.07) is 12.9. The Bertz CT molecular complexity index is 1180. The van der Waals surface area contributed by atoms with E-state index in [9.17, 15) is 18.7 Å². The highest BCUT2D eigenvalue weighted by atomic mass is 79.9. The van der Waals surface area contributed by atoms with Gasteiger partial charge in [0, 0.05) is 26.6 Å². The molecule has 0 aliphatic carbocycles. The maximum Gasteiger partial charge on any atom is 0.317 e. The lowest BCUT2D eigenvalue weighted by Crippen LogP contribution is -2.24. The lowest BCUT2D eigenvalue weighted by Gasteiger charge is -2.15. The molecule has 2 unspecified atom stereocenters. The lowest BCUT2D eigenvalue weighted by molar-refractivity contribution is 0.160. The molecule has 4 N–H and O–H groups in total. The maximum atomic E-state index is 13.1. The molecule has 3 aromatic rings. The molecule has 37 heavy (non-hydrogen) atoms. The number of carbonyl (C=O) groups excluding carboxylic acids is 1. The number of halogens is 3. The number of rotatable bonds is 8. The number of aliphatic hydroxyl groups excluding tert-OH is 1. The van der Waals surface area contributed by atoms with E-state index in [0.29, 0.717) is 34.9 Å². The van der Waals surface area contributed by atoms with Crippen LogP contribution in [0.15, 0.2) is 53.0 Å². The Hall–Kier alpha value is -2.86. The predicted molar refractivity (Wildman–Crippen MR) is 142 cm³/mol. The molecule has 1 aliphatic heterocycles. The molecule has 1 aromatic heterocycles. The largest absolute Gasteiger partial charge is 0.393 e. The van der Waals surface area contributed by atoms with E-state index < -0.39 is 23.8 Å². The summed E-state index contributed by atoms with van der Waals surface area (Å²) in [4.78, 5) is 13.4. The van der Waals surface area contributed by atoms with Gasteiger partial charge in [-0.25, -0.2) is 18.3 Å². The standard InChI is InChI=1S/C13H15BrN4O2.C13H17F2NO/c1-8(19)7-10-11(14)12(16-13(15)20)18(17-10)9-5-3-2-4-6-9;1-17-7-6-16-5-4-11(9-16)10-2-3-12(14)13(15)8-10/h2-6,8,19H,7H2,1H3,(H3,15,16,20);2-3,8,11H,4-7,9H2,1H3. The Morgan fingerprint density at radius 2 is 2.00 bits per heavy atom. The van der Waals surface area contributed by atoms with Gasteiger partial charge in [0.15, 0.2) is 17.5 Å². The van der Waals surface area contributed by atoms with E-state index in [1.54, 1.807) is 24.8 Å². The summed E-state index contributed by atoms with van der Waals surface area (Å²) in [5.41, 5.74) is 7.51. The first-order valence-electron chi connectivity index (χ1n) is 11.9. The van der Waals surface area contributed by atoms with E-state index in [2.05, 4.69) is 31.2 Å². The zero-order chi connectivity index (χ0) is 26.9. The van der Waals surface area contributed by atoms with Crippen molar-refractivity contribution in [3.63, 3.8) is 0 Å². The lowest BCUT2D eigenvalue weighted by atomic mass is 9.98. The van der Waals surface area contributed by atoms with E-state index in [-0.39, 0.29) is 0 Å². The van der Waals surface area contributed by atoms with Crippen LogP contribution in [-0.2, 0) is 11.2 Å². The molecule has 2 aromatic carbocycles. The Morgan fingerprint density at radius 3 is 2.62 bits per heavy atom. The molecule has 0 bridgehead atoms. The van der Waals surface area contributed by atoms with E-state index in [4.69, 9.17) is 10.5 Å². The number of amides is 2. The summed E-state index contributed by atoms with van der Waals surface area (Å²) in [6.07, 6.45) is 0.828. The average Bonchev–Trinajstić information content (AvgIpc) is 3.45. The van der Waals surface area contributed by atoms with Crippen molar-refractivity contribution in [3.05, 3.63) is 75.9 Å². The molecule has 0 saturated carbocycles. The number of nitrogens with two attached hydrogens (primary N) is 1. The quantitative estimate of drug-likeness (QED) is 0.365. The number of likely N-dealkylation sites (tertiary alicyclic amines) is 1. The summed E-state index contributed by atoms with van der Waals surface area (Å²) < 4.78 is 33.2. The van der Waals surface area contributed by atoms with Crippen molar-refractivity contribution < 1.29 is 23.4 Å². The average molecular weight is 580 g/mol. The smallest absolute Gasteiger partial charge is 0.317 e. The van der Waals surface area contributed by atoms with Gasteiger partial charge in [-0.15, -0.1) is 0 Å². The molecular formula is C26H32BrF2N5O3. The zero-order valence-corrected chi connectivity index (χ0v) is 22.4. The van der Waals surface area contributed by atoms with E-state index in [1.807, 2.05) is 30.3 Å². The molecule has 2 atom stereocenters. The molecule has 11 heteroatoms. The van der Waals surface area contributed by atoms with Gasteiger partial charge in [-0.3, -0.25) is 5.32 Å². The normalized spacial score (nSPS) is 16.2. The number of methoxy groups -OCH3 is 1. The first-order chi connectivity index (χ1) is 17.7. The number of aliphatic hydroxyl groups is 1. The minimum atomic E-state index is -0.775. The summed E-state index contributed by atoms with van der Waals surface area (Å²) in [6.45, 7) is 5.18. The van der Waals surface area contributed by atoms with Crippen molar-refractivity contribution in [3.8, 4) is 5.69 Å². The van der Waals surface area contributed by atoms with E-state index >= 15 is 0 Å². The summed E-state index contributed by atoms with van der Waals surface area (Å²) in [7, 11) is 1.68. The Morgan fingerprint density at radius 1 is 1.27 bits per heavy atom. The number of nitrogens with zero attached hydrogens (tertiary/aromatic N) is 3. The van der Waals surface area contributed by atoms with Crippen molar-refractivity contribution in [2.24, 2.45) is 5.73 Å². The van der Waals surface area contributed by atoms with Crippen LogP contribution in [0, 0.1) is 11.6 Å². The summed E-state index contributed by atoms with van der Waals surface area (Å²) in [5.74, 6) is -0.776. The Labute approximate surface area is 223 Å². The number of anilines is 1. The van der Waals surface area contributed by atoms with Crippen LogP contribution in [0.25, 0.3) is 5.69 Å². The number of urea groups is 1. The van der Waals surface area contributed by atoms with E-state index in [1.165, 1.54) is 12.1 Å². The molecule has 4 rings (SSSR count). The maximum absolute atomic E-state index is 13.1. The Balaban J connectivity index is 0.000000208. The fourth-order valence-electron chi connectivity index (χ4n) is 4.13. The monoisotopic (exact) mass is 579 g/mol. The molecule has 1 fully saturated rings. The number of benzene rings is 2. The number of carbonyl (C=O) groups is 1. The number of para-hydroxylation sites is 1. The molecule has 2 heterocycles. The molecule has 0 spiro atoms. The summed E-state index contributed by atoms with van der Waals surface area (Å²) in [5, 5.41) is 16.5. The van der Waals surface area contributed by atoms with Gasteiger partial charge in [-0.2, -0.15) is 5.10 Å². The van der Waals surface area contributed by atoms with Crippen LogP contribution in [0.2, 0.25) is 0 Å². The third kappa shape index (κ3) is 8.06. The number of ether oxygens (including phenoxy) is 1. The minimum Gasteiger partial charge on any atom is -0.393 e. The van der Waals surface area contributed by atoms with Crippen LogP contribution in [-0.4, -0.2) is 65.3 Å². The second kappa shape index (κ2) is 13.6. The molecule has 0 radical (unpaired) electrons. The SMILES string of the molecule is CC(O)Cc1nn(-c2ccccc2)c(NC(N)=O)c1Br.COCCN1CCC(c2ccc(F)c(F)c2)C1. The second-order valence-corrected chi connectivity index (χ2v) is 9.64. The van der Waals surface area contributed by atoms with Crippen LogP contribution in [0.4, 0.5) is 19.4 Å². The first kappa shape index (κ1) is 28.7. The van der Waals surface area contributed by atoms with Crippen LogP contribution >= 0.6 is 15.9 Å². The molecule has 1 aliphatic rings. The van der Waals surface area contributed by atoms with Gasteiger partial charge < -0.3 is 20.5 Å². The number of nitrogens with one attached hydrogen (secondary N) is 1. The molecule has 8 nitrogen and oxygen atoms in total.